The maximum absolute atomic E-state index is 4.57. The Labute approximate surface area is 144 Å². The quantitative estimate of drug-likeness (QED) is 0.530. The first-order valence-corrected chi connectivity index (χ1v) is 8.09. The van der Waals surface area contributed by atoms with Crippen LogP contribution < -0.4 is 0 Å². The van der Waals surface area contributed by atoms with Crippen LogP contribution in [0, 0.1) is 0 Å². The Morgan fingerprint density at radius 3 is 2.84 bits per heavy atom. The second-order valence-corrected chi connectivity index (χ2v) is 6.14. The highest BCUT2D eigenvalue weighted by Gasteiger charge is 2.10. The molecule has 4 aromatic heterocycles. The molecule has 5 aromatic rings. The van der Waals surface area contributed by atoms with Gasteiger partial charge >= 0.3 is 0 Å². The van der Waals surface area contributed by atoms with Crippen LogP contribution in [-0.2, 0) is 7.05 Å². The van der Waals surface area contributed by atoms with E-state index in [0.29, 0.717) is 0 Å². The van der Waals surface area contributed by atoms with Crippen molar-refractivity contribution < 1.29 is 0 Å². The lowest BCUT2D eigenvalue weighted by molar-refractivity contribution is 0.780. The number of aryl methyl sites for hydroxylation is 1. The third-order valence-corrected chi connectivity index (χ3v) is 4.46. The fourth-order valence-electron chi connectivity index (χ4n) is 3.25. The molecule has 0 fully saturated rings. The number of hydrogen-bond donors (Lipinski definition) is 1. The number of rotatable bonds is 2. The number of aromatic nitrogens is 5. The van der Waals surface area contributed by atoms with Gasteiger partial charge in [-0.15, -0.1) is 0 Å². The highest BCUT2D eigenvalue weighted by Crippen LogP contribution is 2.32. The molecule has 1 aromatic carbocycles. The number of pyridine rings is 2. The molecule has 0 saturated heterocycles. The summed E-state index contributed by atoms with van der Waals surface area (Å²) in [4.78, 5) is 12.0. The fraction of sp³-hybridized carbons (Fsp3) is 0.0500. The second-order valence-electron chi connectivity index (χ2n) is 6.14. The van der Waals surface area contributed by atoms with E-state index in [2.05, 4.69) is 44.3 Å². The summed E-state index contributed by atoms with van der Waals surface area (Å²) >= 11 is 0. The van der Waals surface area contributed by atoms with Gasteiger partial charge in [-0.25, -0.2) is 4.98 Å². The largest absolute Gasteiger partial charge is 0.346 e. The van der Waals surface area contributed by atoms with Gasteiger partial charge in [-0.05, 0) is 29.8 Å². The molecule has 120 valence electrons. The highest BCUT2D eigenvalue weighted by atomic mass is 15.2. The lowest BCUT2D eigenvalue weighted by Crippen LogP contribution is -1.84. The maximum atomic E-state index is 4.57. The van der Waals surface area contributed by atoms with E-state index < -0.39 is 0 Å². The number of nitrogens with zero attached hydrogens (tertiary/aromatic N) is 4. The van der Waals surface area contributed by atoms with Gasteiger partial charge in [0.2, 0.25) is 0 Å². The van der Waals surface area contributed by atoms with Gasteiger partial charge in [-0.2, -0.15) is 5.10 Å². The Morgan fingerprint density at radius 2 is 1.96 bits per heavy atom. The highest BCUT2D eigenvalue weighted by molar-refractivity contribution is 5.97. The van der Waals surface area contributed by atoms with Gasteiger partial charge in [-0.3, -0.25) is 9.67 Å². The summed E-state index contributed by atoms with van der Waals surface area (Å²) in [5.41, 5.74) is 6.29. The average molecular weight is 325 g/mol. The second kappa shape index (κ2) is 5.27. The standard InChI is InChI=1S/C20H15N5/c1-25-12-16-7-13(4-5-19(16)24-25)18-11-23-20-17(18)8-15(10-22-20)14-3-2-6-21-9-14/h2-12H,1H3,(H,22,23). The van der Waals surface area contributed by atoms with Crippen molar-refractivity contribution in [3.63, 3.8) is 0 Å². The fourth-order valence-corrected chi connectivity index (χ4v) is 3.25. The SMILES string of the molecule is Cn1cc2cc(-c3c[nH]c4ncc(-c5cccnc5)cc34)ccc2n1. The maximum Gasteiger partial charge on any atom is 0.137 e. The third kappa shape index (κ3) is 2.29. The van der Waals surface area contributed by atoms with Crippen LogP contribution in [0.25, 0.3) is 44.2 Å². The molecule has 25 heavy (non-hydrogen) atoms. The molecule has 0 aliphatic heterocycles. The van der Waals surface area contributed by atoms with E-state index in [1.54, 1.807) is 6.20 Å². The number of nitrogens with one attached hydrogen (secondary N) is 1. The van der Waals surface area contributed by atoms with E-state index in [0.717, 1.165) is 44.2 Å². The first kappa shape index (κ1) is 13.9. The molecule has 0 bridgehead atoms. The monoisotopic (exact) mass is 325 g/mol. The summed E-state index contributed by atoms with van der Waals surface area (Å²) in [5.74, 6) is 0. The Balaban J connectivity index is 1.69. The minimum Gasteiger partial charge on any atom is -0.346 e. The predicted molar refractivity (Wildman–Crippen MR) is 99.0 cm³/mol. The van der Waals surface area contributed by atoms with Crippen LogP contribution in [0.15, 0.2) is 67.4 Å². The summed E-state index contributed by atoms with van der Waals surface area (Å²) in [6.07, 6.45) is 9.57. The van der Waals surface area contributed by atoms with Crippen LogP contribution in [0.5, 0.6) is 0 Å². The van der Waals surface area contributed by atoms with E-state index >= 15 is 0 Å². The van der Waals surface area contributed by atoms with Crippen molar-refractivity contribution in [3.8, 4) is 22.3 Å². The van der Waals surface area contributed by atoms with Crippen molar-refractivity contribution in [3.05, 3.63) is 67.4 Å². The first-order chi connectivity index (χ1) is 12.3. The molecular formula is C20H15N5. The molecule has 0 atom stereocenters. The summed E-state index contributed by atoms with van der Waals surface area (Å²) < 4.78 is 1.84. The number of fused-ring (bicyclic) bond motifs is 2. The Kier molecular flexibility index (Phi) is 2.94. The van der Waals surface area contributed by atoms with Crippen LogP contribution in [0.2, 0.25) is 0 Å². The Bertz CT molecular complexity index is 1200. The van der Waals surface area contributed by atoms with Gasteiger partial charge in [0, 0.05) is 65.5 Å². The molecule has 0 radical (unpaired) electrons. The normalized spacial score (nSPS) is 11.4. The van der Waals surface area contributed by atoms with Gasteiger partial charge in [0.25, 0.3) is 0 Å². The van der Waals surface area contributed by atoms with E-state index in [9.17, 15) is 0 Å². The zero-order valence-electron chi connectivity index (χ0n) is 13.6. The van der Waals surface area contributed by atoms with Crippen LogP contribution in [0.4, 0.5) is 0 Å². The van der Waals surface area contributed by atoms with Crippen molar-refractivity contribution in [2.75, 3.05) is 0 Å². The zero-order chi connectivity index (χ0) is 16.8. The summed E-state index contributed by atoms with van der Waals surface area (Å²) in [6.45, 7) is 0. The van der Waals surface area contributed by atoms with Crippen LogP contribution >= 0.6 is 0 Å². The molecule has 0 spiro atoms. The van der Waals surface area contributed by atoms with E-state index in [1.165, 1.54) is 0 Å². The molecule has 5 rings (SSSR count). The van der Waals surface area contributed by atoms with Gasteiger partial charge < -0.3 is 4.98 Å². The topological polar surface area (TPSA) is 59.4 Å². The lowest BCUT2D eigenvalue weighted by atomic mass is 10.0. The number of hydrogen-bond acceptors (Lipinski definition) is 3. The van der Waals surface area contributed by atoms with E-state index in [-0.39, 0.29) is 0 Å². The molecule has 0 aliphatic rings. The zero-order valence-corrected chi connectivity index (χ0v) is 13.6. The summed E-state index contributed by atoms with van der Waals surface area (Å²) in [7, 11) is 1.94. The van der Waals surface area contributed by atoms with Crippen LogP contribution in [-0.4, -0.2) is 24.7 Å². The molecule has 5 heteroatoms. The summed E-state index contributed by atoms with van der Waals surface area (Å²) in [6, 6.07) is 12.5. The van der Waals surface area contributed by atoms with Gasteiger partial charge in [0.05, 0.1) is 5.52 Å². The molecule has 0 amide bonds. The molecule has 5 nitrogen and oxygen atoms in total. The van der Waals surface area contributed by atoms with Crippen molar-refractivity contribution in [1.82, 2.24) is 24.7 Å². The smallest absolute Gasteiger partial charge is 0.137 e. The average Bonchev–Trinajstić information content (AvgIpc) is 3.23. The molecule has 1 N–H and O–H groups in total. The minimum atomic E-state index is 0.883. The van der Waals surface area contributed by atoms with Gasteiger partial charge in [-0.1, -0.05) is 12.1 Å². The summed E-state index contributed by atoms with van der Waals surface area (Å²) in [5, 5.41) is 6.67. The van der Waals surface area contributed by atoms with Crippen LogP contribution in [0.1, 0.15) is 0 Å². The molecule has 4 heterocycles. The van der Waals surface area contributed by atoms with Crippen molar-refractivity contribution in [2.45, 2.75) is 0 Å². The third-order valence-electron chi connectivity index (χ3n) is 4.46. The van der Waals surface area contributed by atoms with E-state index in [4.69, 9.17) is 0 Å². The molecule has 0 saturated carbocycles. The first-order valence-electron chi connectivity index (χ1n) is 8.09. The lowest BCUT2D eigenvalue weighted by Gasteiger charge is -2.03. The van der Waals surface area contributed by atoms with Gasteiger partial charge in [0.1, 0.15) is 5.65 Å². The minimum absolute atomic E-state index is 0.883. The number of aromatic amines is 1. The number of H-pyrrole nitrogens is 1. The van der Waals surface area contributed by atoms with Crippen molar-refractivity contribution in [1.29, 1.82) is 0 Å². The predicted octanol–water partition coefficient (Wildman–Crippen LogP) is 4.18. The van der Waals surface area contributed by atoms with Crippen LogP contribution in [0.3, 0.4) is 0 Å². The van der Waals surface area contributed by atoms with Crippen molar-refractivity contribution >= 4 is 21.9 Å². The molecular weight excluding hydrogens is 310 g/mol. The van der Waals surface area contributed by atoms with E-state index in [1.807, 2.05) is 48.6 Å². The Hall–Kier alpha value is -3.47. The van der Waals surface area contributed by atoms with Gasteiger partial charge in [0.15, 0.2) is 0 Å². The number of benzene rings is 1. The van der Waals surface area contributed by atoms with Crippen molar-refractivity contribution in [2.24, 2.45) is 7.05 Å². The molecule has 0 aliphatic carbocycles. The molecule has 0 unspecified atom stereocenters. The Morgan fingerprint density at radius 1 is 1.00 bits per heavy atom.